The second-order valence-corrected chi connectivity index (χ2v) is 4.79. The van der Waals surface area contributed by atoms with Gasteiger partial charge in [-0.25, -0.2) is 4.98 Å². The van der Waals surface area contributed by atoms with Crippen molar-refractivity contribution in [2.45, 2.75) is 13.5 Å². The van der Waals surface area contributed by atoms with Crippen molar-refractivity contribution in [3.8, 4) is 5.75 Å². The Morgan fingerprint density at radius 3 is 2.79 bits per heavy atom. The van der Waals surface area contributed by atoms with Gasteiger partial charge in [-0.2, -0.15) is 0 Å². The molecule has 2 rings (SSSR count). The smallest absolute Gasteiger partial charge is 0.258 e. The Morgan fingerprint density at radius 1 is 1.42 bits per heavy atom. The number of benzene rings is 1. The van der Waals surface area contributed by atoms with E-state index in [-0.39, 0.29) is 12.5 Å². The van der Waals surface area contributed by atoms with Crippen LogP contribution in [0.1, 0.15) is 11.5 Å². The van der Waals surface area contributed by atoms with Crippen LogP contribution in [0.4, 0.5) is 0 Å². The van der Waals surface area contributed by atoms with Crippen LogP contribution < -0.4 is 10.1 Å². The lowest BCUT2D eigenvalue weighted by Gasteiger charge is -2.06. The summed E-state index contributed by atoms with van der Waals surface area (Å²) < 4.78 is 11.3. The number of carbonyl (C=O) groups is 1. The SMILES string of the molecule is Cc1ocnc1CNC(=O)COc1ccc(Br)cc1. The van der Waals surface area contributed by atoms with Crippen LogP contribution in [0.3, 0.4) is 0 Å². The fourth-order valence-electron chi connectivity index (χ4n) is 1.41. The van der Waals surface area contributed by atoms with Gasteiger partial charge in [0, 0.05) is 4.47 Å². The van der Waals surface area contributed by atoms with Gasteiger partial charge in [-0.3, -0.25) is 4.79 Å². The summed E-state index contributed by atoms with van der Waals surface area (Å²) in [6.07, 6.45) is 1.36. The molecular formula is C13H13BrN2O3. The van der Waals surface area contributed by atoms with E-state index in [1.807, 2.05) is 12.1 Å². The van der Waals surface area contributed by atoms with Crippen LogP contribution in [-0.4, -0.2) is 17.5 Å². The summed E-state index contributed by atoms with van der Waals surface area (Å²) in [6, 6.07) is 7.29. The lowest BCUT2D eigenvalue weighted by atomic mass is 10.3. The van der Waals surface area contributed by atoms with Crippen LogP contribution in [0.25, 0.3) is 0 Å². The zero-order valence-corrected chi connectivity index (χ0v) is 11.9. The minimum absolute atomic E-state index is 0.0292. The number of aromatic nitrogens is 1. The summed E-state index contributed by atoms with van der Waals surface area (Å²) in [7, 11) is 0. The Kier molecular flexibility index (Phi) is 4.57. The lowest BCUT2D eigenvalue weighted by Crippen LogP contribution is -2.28. The molecule has 1 amide bonds. The highest BCUT2D eigenvalue weighted by molar-refractivity contribution is 9.10. The summed E-state index contributed by atoms with van der Waals surface area (Å²) in [5.41, 5.74) is 0.719. The summed E-state index contributed by atoms with van der Waals surface area (Å²) in [6.45, 7) is 2.11. The monoisotopic (exact) mass is 324 g/mol. The molecule has 1 N–H and O–H groups in total. The largest absolute Gasteiger partial charge is 0.484 e. The van der Waals surface area contributed by atoms with Crippen molar-refractivity contribution in [1.29, 1.82) is 0 Å². The molecule has 0 aliphatic heterocycles. The van der Waals surface area contributed by atoms with Crippen molar-refractivity contribution in [2.75, 3.05) is 6.61 Å². The minimum Gasteiger partial charge on any atom is -0.484 e. The molecule has 0 aliphatic carbocycles. The van der Waals surface area contributed by atoms with Crippen LogP contribution in [0.5, 0.6) is 5.75 Å². The molecule has 5 nitrogen and oxygen atoms in total. The first kappa shape index (κ1) is 13.6. The molecule has 0 aliphatic rings. The van der Waals surface area contributed by atoms with Crippen LogP contribution in [-0.2, 0) is 11.3 Å². The number of nitrogens with one attached hydrogen (secondary N) is 1. The van der Waals surface area contributed by atoms with Crippen LogP contribution in [0.2, 0.25) is 0 Å². The molecule has 1 aromatic carbocycles. The molecule has 1 heterocycles. The highest BCUT2D eigenvalue weighted by atomic mass is 79.9. The highest BCUT2D eigenvalue weighted by Crippen LogP contribution is 2.15. The lowest BCUT2D eigenvalue weighted by molar-refractivity contribution is -0.123. The number of hydrogen-bond acceptors (Lipinski definition) is 4. The zero-order valence-electron chi connectivity index (χ0n) is 10.4. The van der Waals surface area contributed by atoms with Gasteiger partial charge in [-0.15, -0.1) is 0 Å². The molecule has 0 unspecified atom stereocenters. The number of carbonyl (C=O) groups excluding carboxylic acids is 1. The van der Waals surface area contributed by atoms with Crippen molar-refractivity contribution in [3.63, 3.8) is 0 Å². The molecular weight excluding hydrogens is 312 g/mol. The van der Waals surface area contributed by atoms with Gasteiger partial charge >= 0.3 is 0 Å². The Hall–Kier alpha value is -1.82. The Morgan fingerprint density at radius 2 is 2.16 bits per heavy atom. The molecule has 0 atom stereocenters. The van der Waals surface area contributed by atoms with Gasteiger partial charge in [0.25, 0.3) is 5.91 Å². The van der Waals surface area contributed by atoms with E-state index in [9.17, 15) is 4.79 Å². The Balaban J connectivity index is 1.76. The molecule has 2 aromatic rings. The van der Waals surface area contributed by atoms with Gasteiger partial charge in [-0.05, 0) is 31.2 Å². The first-order valence-electron chi connectivity index (χ1n) is 5.69. The van der Waals surface area contributed by atoms with Crippen molar-refractivity contribution in [3.05, 3.63) is 46.6 Å². The summed E-state index contributed by atoms with van der Waals surface area (Å²) in [5, 5.41) is 2.71. The van der Waals surface area contributed by atoms with Crippen LogP contribution in [0.15, 0.2) is 39.5 Å². The molecule has 1 aromatic heterocycles. The number of rotatable bonds is 5. The van der Waals surface area contributed by atoms with Crippen molar-refractivity contribution < 1.29 is 13.9 Å². The molecule has 0 bridgehead atoms. The van der Waals surface area contributed by atoms with Gasteiger partial charge in [0.05, 0.1) is 6.54 Å². The van der Waals surface area contributed by atoms with Crippen LogP contribution in [0, 0.1) is 6.92 Å². The number of amides is 1. The number of aryl methyl sites for hydroxylation is 1. The third-order valence-corrected chi connectivity index (χ3v) is 3.01. The van der Waals surface area contributed by atoms with E-state index >= 15 is 0 Å². The molecule has 6 heteroatoms. The number of halogens is 1. The first-order valence-corrected chi connectivity index (χ1v) is 6.48. The predicted molar refractivity (Wildman–Crippen MR) is 72.7 cm³/mol. The fourth-order valence-corrected chi connectivity index (χ4v) is 1.68. The topological polar surface area (TPSA) is 64.4 Å². The van der Waals surface area contributed by atoms with E-state index in [2.05, 4.69) is 26.2 Å². The van der Waals surface area contributed by atoms with Gasteiger partial charge in [0.1, 0.15) is 17.2 Å². The fraction of sp³-hybridized carbons (Fsp3) is 0.231. The maximum absolute atomic E-state index is 11.6. The van der Waals surface area contributed by atoms with E-state index in [0.29, 0.717) is 18.1 Å². The average molecular weight is 325 g/mol. The van der Waals surface area contributed by atoms with E-state index in [4.69, 9.17) is 9.15 Å². The molecule has 0 spiro atoms. The number of ether oxygens (including phenoxy) is 1. The van der Waals surface area contributed by atoms with Crippen LogP contribution >= 0.6 is 15.9 Å². The first-order chi connectivity index (χ1) is 9.15. The van der Waals surface area contributed by atoms with Gasteiger partial charge < -0.3 is 14.5 Å². The molecule has 0 radical (unpaired) electrons. The summed E-state index contributed by atoms with van der Waals surface area (Å²) in [5.74, 6) is 1.15. The van der Waals surface area contributed by atoms with Gasteiger partial charge in [0.2, 0.25) is 0 Å². The molecule has 0 saturated carbocycles. The average Bonchev–Trinajstić information content (AvgIpc) is 2.81. The standard InChI is InChI=1S/C13H13BrN2O3/c1-9-12(16-8-19-9)6-15-13(17)7-18-11-4-2-10(14)3-5-11/h2-5,8H,6-7H2,1H3,(H,15,17). The quantitative estimate of drug-likeness (QED) is 0.917. The van der Waals surface area contributed by atoms with Crippen molar-refractivity contribution >= 4 is 21.8 Å². The Bertz CT molecular complexity index is 551. The molecule has 0 fully saturated rings. The second kappa shape index (κ2) is 6.38. The number of nitrogens with zero attached hydrogens (tertiary/aromatic N) is 1. The summed E-state index contributed by atoms with van der Waals surface area (Å²) >= 11 is 3.33. The van der Waals surface area contributed by atoms with Crippen molar-refractivity contribution in [2.24, 2.45) is 0 Å². The van der Waals surface area contributed by atoms with Gasteiger partial charge in [0.15, 0.2) is 13.0 Å². The second-order valence-electron chi connectivity index (χ2n) is 3.87. The molecule has 0 saturated heterocycles. The van der Waals surface area contributed by atoms with Crippen molar-refractivity contribution in [1.82, 2.24) is 10.3 Å². The number of oxazole rings is 1. The highest BCUT2D eigenvalue weighted by Gasteiger charge is 2.06. The number of hydrogen-bond donors (Lipinski definition) is 1. The molecule has 100 valence electrons. The van der Waals surface area contributed by atoms with E-state index < -0.39 is 0 Å². The van der Waals surface area contributed by atoms with Gasteiger partial charge in [-0.1, -0.05) is 15.9 Å². The maximum Gasteiger partial charge on any atom is 0.258 e. The summed E-state index contributed by atoms with van der Waals surface area (Å²) in [4.78, 5) is 15.6. The third-order valence-electron chi connectivity index (χ3n) is 2.48. The normalized spacial score (nSPS) is 10.2. The maximum atomic E-state index is 11.6. The minimum atomic E-state index is -0.203. The predicted octanol–water partition coefficient (Wildman–Crippen LogP) is 2.44. The van der Waals surface area contributed by atoms with E-state index in [1.165, 1.54) is 6.39 Å². The van der Waals surface area contributed by atoms with E-state index in [1.54, 1.807) is 19.1 Å². The third kappa shape index (κ3) is 4.10. The zero-order chi connectivity index (χ0) is 13.7. The Labute approximate surface area is 119 Å². The van der Waals surface area contributed by atoms with E-state index in [0.717, 1.165) is 10.2 Å². The molecule has 19 heavy (non-hydrogen) atoms.